The minimum Gasteiger partial charge on any atom is -0.475 e. The van der Waals surface area contributed by atoms with E-state index in [9.17, 15) is 26.3 Å². The number of rotatable bonds is 0. The second-order valence-corrected chi connectivity index (χ2v) is 4.87. The normalized spacial score (nSPS) is 24.0. The number of likely N-dealkylation sites (tertiary alicyclic amines) is 1. The standard InChI is InChI=1S/C7H14N2.2C2HF3O2/c1-9-5-6-2-3-8-4-7(6)9;2*3-2(4,5)1(6)7/h6-8H,2-5H2,1H3;2*(H,6,7)/t6-,7-;;/m1../s1. The molecular formula is C11H16F6N2O4. The minimum absolute atomic E-state index is 0.874. The van der Waals surface area contributed by atoms with Crippen LogP contribution in [0.5, 0.6) is 0 Å². The summed E-state index contributed by atoms with van der Waals surface area (Å²) in [5.74, 6) is -4.49. The van der Waals surface area contributed by atoms with Crippen molar-refractivity contribution >= 4 is 11.9 Å². The van der Waals surface area contributed by atoms with Crippen molar-refractivity contribution in [2.45, 2.75) is 24.8 Å². The van der Waals surface area contributed by atoms with Crippen LogP contribution in [0.4, 0.5) is 26.3 Å². The third-order valence-electron chi connectivity index (χ3n) is 3.16. The summed E-state index contributed by atoms with van der Waals surface area (Å²) < 4.78 is 63.5. The Morgan fingerprint density at radius 1 is 1.04 bits per heavy atom. The zero-order valence-corrected chi connectivity index (χ0v) is 11.9. The summed E-state index contributed by atoms with van der Waals surface area (Å²) in [5.41, 5.74) is 0. The van der Waals surface area contributed by atoms with Gasteiger partial charge in [0.05, 0.1) is 0 Å². The summed E-state index contributed by atoms with van der Waals surface area (Å²) in [5, 5.41) is 17.7. The highest BCUT2D eigenvalue weighted by Crippen LogP contribution is 2.27. The van der Waals surface area contributed by atoms with Crippen LogP contribution < -0.4 is 5.32 Å². The highest BCUT2D eigenvalue weighted by Gasteiger charge is 2.39. The molecule has 0 radical (unpaired) electrons. The Morgan fingerprint density at radius 2 is 1.43 bits per heavy atom. The molecule has 6 nitrogen and oxygen atoms in total. The number of carboxylic acid groups (broad SMARTS) is 2. The van der Waals surface area contributed by atoms with Gasteiger partial charge in [0.1, 0.15) is 0 Å². The Hall–Kier alpha value is -1.56. The second-order valence-electron chi connectivity index (χ2n) is 4.87. The first-order valence-electron chi connectivity index (χ1n) is 6.28. The average Bonchev–Trinajstić information content (AvgIpc) is 2.37. The Kier molecular flexibility index (Phi) is 7.77. The van der Waals surface area contributed by atoms with Gasteiger partial charge in [-0.25, -0.2) is 9.59 Å². The molecule has 2 rings (SSSR count). The number of hydrogen-bond donors (Lipinski definition) is 3. The molecule has 0 unspecified atom stereocenters. The van der Waals surface area contributed by atoms with Gasteiger partial charge in [-0.15, -0.1) is 0 Å². The molecule has 0 amide bonds. The van der Waals surface area contributed by atoms with Crippen LogP contribution in [0.2, 0.25) is 0 Å². The summed E-state index contributed by atoms with van der Waals surface area (Å²) >= 11 is 0. The van der Waals surface area contributed by atoms with Gasteiger partial charge in [0.2, 0.25) is 0 Å². The van der Waals surface area contributed by atoms with Crippen LogP contribution in [0, 0.1) is 5.92 Å². The van der Waals surface area contributed by atoms with E-state index in [4.69, 9.17) is 19.8 Å². The fraction of sp³-hybridized carbons (Fsp3) is 0.818. The van der Waals surface area contributed by atoms with Gasteiger partial charge in [0.15, 0.2) is 0 Å². The second kappa shape index (κ2) is 8.34. The molecule has 2 aliphatic rings. The molecular weight excluding hydrogens is 338 g/mol. The summed E-state index contributed by atoms with van der Waals surface area (Å²) in [6, 6.07) is 0.874. The number of halogens is 6. The smallest absolute Gasteiger partial charge is 0.475 e. The molecule has 0 saturated carbocycles. The van der Waals surface area contributed by atoms with Crippen LogP contribution in [0.15, 0.2) is 0 Å². The van der Waals surface area contributed by atoms with E-state index in [2.05, 4.69) is 17.3 Å². The van der Waals surface area contributed by atoms with Crippen molar-refractivity contribution < 1.29 is 46.1 Å². The lowest BCUT2D eigenvalue weighted by Crippen LogP contribution is -2.61. The van der Waals surface area contributed by atoms with Crippen molar-refractivity contribution in [1.82, 2.24) is 10.2 Å². The number of carboxylic acids is 2. The molecule has 0 aromatic carbocycles. The van der Waals surface area contributed by atoms with Crippen molar-refractivity contribution in [2.75, 3.05) is 26.7 Å². The van der Waals surface area contributed by atoms with Crippen LogP contribution in [-0.4, -0.2) is 72.1 Å². The van der Waals surface area contributed by atoms with Gasteiger partial charge in [-0.3, -0.25) is 0 Å². The van der Waals surface area contributed by atoms with Gasteiger partial charge in [-0.05, 0) is 25.9 Å². The molecule has 3 N–H and O–H groups in total. The molecule has 2 aliphatic heterocycles. The van der Waals surface area contributed by atoms with Gasteiger partial charge in [0, 0.05) is 19.1 Å². The number of alkyl halides is 6. The molecule has 0 bridgehead atoms. The monoisotopic (exact) mass is 354 g/mol. The van der Waals surface area contributed by atoms with E-state index in [1.165, 1.54) is 26.1 Å². The van der Waals surface area contributed by atoms with Crippen molar-refractivity contribution in [1.29, 1.82) is 0 Å². The molecule has 2 atom stereocenters. The predicted octanol–water partition coefficient (Wildman–Crippen LogP) is 1.18. The molecule has 0 spiro atoms. The summed E-state index contributed by atoms with van der Waals surface area (Å²) in [6.07, 6.45) is -8.77. The Bertz CT molecular complexity index is 386. The van der Waals surface area contributed by atoms with Crippen LogP contribution in [0.25, 0.3) is 0 Å². The molecule has 2 heterocycles. The van der Waals surface area contributed by atoms with Crippen LogP contribution >= 0.6 is 0 Å². The van der Waals surface area contributed by atoms with Crippen molar-refractivity contribution in [3.05, 3.63) is 0 Å². The molecule has 136 valence electrons. The van der Waals surface area contributed by atoms with E-state index in [0.717, 1.165) is 12.0 Å². The first kappa shape index (κ1) is 21.4. The Morgan fingerprint density at radius 3 is 1.65 bits per heavy atom. The third kappa shape index (κ3) is 8.02. The van der Waals surface area contributed by atoms with E-state index in [1.807, 2.05) is 0 Å². The topological polar surface area (TPSA) is 89.9 Å². The fourth-order valence-corrected chi connectivity index (χ4v) is 1.99. The first-order chi connectivity index (χ1) is 10.3. The van der Waals surface area contributed by atoms with Crippen LogP contribution in [0.3, 0.4) is 0 Å². The fourth-order valence-electron chi connectivity index (χ4n) is 1.99. The van der Waals surface area contributed by atoms with Crippen LogP contribution in [-0.2, 0) is 9.59 Å². The number of aliphatic carboxylic acids is 2. The summed E-state index contributed by atoms with van der Waals surface area (Å²) in [4.78, 5) is 20.2. The molecule has 12 heteroatoms. The van der Waals surface area contributed by atoms with Gasteiger partial charge in [-0.1, -0.05) is 0 Å². The van der Waals surface area contributed by atoms with Gasteiger partial charge in [-0.2, -0.15) is 26.3 Å². The van der Waals surface area contributed by atoms with E-state index in [1.54, 1.807) is 0 Å². The quantitative estimate of drug-likeness (QED) is 0.566. The summed E-state index contributed by atoms with van der Waals surface area (Å²) in [7, 11) is 2.22. The van der Waals surface area contributed by atoms with Gasteiger partial charge in [0.25, 0.3) is 0 Å². The maximum atomic E-state index is 10.6. The van der Waals surface area contributed by atoms with E-state index in [0.29, 0.717) is 0 Å². The number of nitrogens with one attached hydrogen (secondary N) is 1. The van der Waals surface area contributed by atoms with Crippen molar-refractivity contribution in [3.63, 3.8) is 0 Å². The van der Waals surface area contributed by atoms with E-state index >= 15 is 0 Å². The molecule has 2 saturated heterocycles. The number of hydrogen-bond acceptors (Lipinski definition) is 4. The SMILES string of the molecule is CN1C[C@H]2CCNC[C@H]21.O=C(O)C(F)(F)F.O=C(O)C(F)(F)F. The predicted molar refractivity (Wildman–Crippen MR) is 64.8 cm³/mol. The zero-order chi connectivity index (χ0) is 18.4. The molecule has 23 heavy (non-hydrogen) atoms. The van der Waals surface area contributed by atoms with Gasteiger partial charge >= 0.3 is 24.3 Å². The number of nitrogens with zero attached hydrogens (tertiary/aromatic N) is 1. The van der Waals surface area contributed by atoms with E-state index < -0.39 is 24.3 Å². The van der Waals surface area contributed by atoms with Crippen molar-refractivity contribution in [3.8, 4) is 0 Å². The minimum atomic E-state index is -5.08. The molecule has 0 aliphatic carbocycles. The highest BCUT2D eigenvalue weighted by atomic mass is 19.4. The molecule has 0 aromatic rings. The van der Waals surface area contributed by atoms with E-state index in [-0.39, 0.29) is 0 Å². The highest BCUT2D eigenvalue weighted by molar-refractivity contribution is 5.73. The third-order valence-corrected chi connectivity index (χ3v) is 3.16. The zero-order valence-electron chi connectivity index (χ0n) is 11.9. The molecule has 0 aromatic heterocycles. The average molecular weight is 354 g/mol. The molecule has 2 fully saturated rings. The van der Waals surface area contributed by atoms with Gasteiger partial charge < -0.3 is 20.4 Å². The number of carbonyl (C=O) groups is 2. The maximum absolute atomic E-state index is 10.6. The Balaban J connectivity index is 0.000000322. The van der Waals surface area contributed by atoms with Crippen LogP contribution in [0.1, 0.15) is 6.42 Å². The Labute approximate surface area is 127 Å². The maximum Gasteiger partial charge on any atom is 0.490 e. The number of likely N-dealkylation sites (N-methyl/N-ethyl adjacent to an activating group) is 1. The lowest BCUT2D eigenvalue weighted by Gasteiger charge is -2.49. The summed E-state index contributed by atoms with van der Waals surface area (Å²) in [6.45, 7) is 3.81. The number of fused-ring (bicyclic) bond motifs is 1. The first-order valence-corrected chi connectivity index (χ1v) is 6.28. The largest absolute Gasteiger partial charge is 0.490 e. The lowest BCUT2D eigenvalue weighted by atomic mass is 9.84. The van der Waals surface area contributed by atoms with Crippen molar-refractivity contribution in [2.24, 2.45) is 5.92 Å². The lowest BCUT2D eigenvalue weighted by molar-refractivity contribution is -0.193. The number of piperidine rings is 1.